The largest absolute Gasteiger partial charge is 0.397 e. The maximum Gasteiger partial charge on any atom is 0.0705 e. The molecule has 7 N–H and O–H groups in total. The van der Waals surface area contributed by atoms with Crippen molar-refractivity contribution in [2.75, 3.05) is 11.5 Å². The highest BCUT2D eigenvalue weighted by Crippen LogP contribution is 2.25. The van der Waals surface area contributed by atoms with Gasteiger partial charge in [-0.3, -0.25) is 0 Å². The van der Waals surface area contributed by atoms with E-state index in [1.165, 1.54) is 0 Å². The molecule has 0 radical (unpaired) electrons. The quantitative estimate of drug-likeness (QED) is 0.491. The van der Waals surface area contributed by atoms with Crippen molar-refractivity contribution in [2.24, 2.45) is 5.73 Å². The van der Waals surface area contributed by atoms with Gasteiger partial charge < -0.3 is 22.3 Å². The van der Waals surface area contributed by atoms with Gasteiger partial charge in [0.05, 0.1) is 23.5 Å². The summed E-state index contributed by atoms with van der Waals surface area (Å²) in [6.07, 6.45) is -0.635. The Morgan fingerprint density at radius 3 is 2.46 bits per heavy atom. The van der Waals surface area contributed by atoms with Gasteiger partial charge in [0.1, 0.15) is 0 Å². The van der Waals surface area contributed by atoms with E-state index in [2.05, 4.69) is 0 Å². The van der Waals surface area contributed by atoms with Crippen molar-refractivity contribution in [1.82, 2.24) is 0 Å². The SMILES string of the molecule is C[C@H](O)[C@H](N)c1cccc(N)c1N. The number of aliphatic hydroxyl groups is 1. The van der Waals surface area contributed by atoms with Gasteiger partial charge in [0, 0.05) is 0 Å². The molecule has 4 heteroatoms. The average molecular weight is 181 g/mol. The fourth-order valence-electron chi connectivity index (χ4n) is 1.15. The Kier molecular flexibility index (Phi) is 2.75. The first-order chi connectivity index (χ1) is 6.04. The van der Waals surface area contributed by atoms with Crippen molar-refractivity contribution in [1.29, 1.82) is 0 Å². The summed E-state index contributed by atoms with van der Waals surface area (Å²) >= 11 is 0. The topological polar surface area (TPSA) is 98.3 Å². The second-order valence-electron chi connectivity index (χ2n) is 3.12. The molecule has 0 heterocycles. The summed E-state index contributed by atoms with van der Waals surface area (Å²) in [4.78, 5) is 0. The molecule has 0 fully saturated rings. The Balaban J connectivity index is 3.07. The number of hydrogen-bond acceptors (Lipinski definition) is 4. The summed E-state index contributed by atoms with van der Waals surface area (Å²) in [5.74, 6) is 0. The molecule has 0 aromatic heterocycles. The number of nitrogen functional groups attached to an aromatic ring is 2. The van der Waals surface area contributed by atoms with E-state index in [0.717, 1.165) is 0 Å². The van der Waals surface area contributed by atoms with Crippen molar-refractivity contribution < 1.29 is 5.11 Å². The normalized spacial score (nSPS) is 15.3. The molecule has 0 spiro atoms. The van der Waals surface area contributed by atoms with Crippen LogP contribution in [0.15, 0.2) is 18.2 Å². The molecule has 0 amide bonds. The van der Waals surface area contributed by atoms with Crippen LogP contribution in [0.3, 0.4) is 0 Å². The molecule has 0 bridgehead atoms. The Hall–Kier alpha value is -1.26. The summed E-state index contributed by atoms with van der Waals surface area (Å²) in [7, 11) is 0. The molecular weight excluding hydrogens is 166 g/mol. The Morgan fingerprint density at radius 2 is 1.92 bits per heavy atom. The third kappa shape index (κ3) is 1.91. The lowest BCUT2D eigenvalue weighted by atomic mass is 10.0. The Morgan fingerprint density at radius 1 is 1.31 bits per heavy atom. The van der Waals surface area contributed by atoms with Crippen LogP contribution in [-0.4, -0.2) is 11.2 Å². The van der Waals surface area contributed by atoms with Crippen LogP contribution in [0.25, 0.3) is 0 Å². The van der Waals surface area contributed by atoms with Crippen molar-refractivity contribution in [3.63, 3.8) is 0 Å². The van der Waals surface area contributed by atoms with Gasteiger partial charge in [0.25, 0.3) is 0 Å². The maximum absolute atomic E-state index is 9.27. The highest BCUT2D eigenvalue weighted by atomic mass is 16.3. The van der Waals surface area contributed by atoms with E-state index in [-0.39, 0.29) is 0 Å². The molecule has 1 aromatic rings. The lowest BCUT2D eigenvalue weighted by molar-refractivity contribution is 0.164. The molecule has 0 aliphatic rings. The number of hydrogen-bond donors (Lipinski definition) is 4. The van der Waals surface area contributed by atoms with Gasteiger partial charge >= 0.3 is 0 Å². The van der Waals surface area contributed by atoms with E-state index in [4.69, 9.17) is 17.2 Å². The van der Waals surface area contributed by atoms with Crippen molar-refractivity contribution in [2.45, 2.75) is 19.1 Å². The van der Waals surface area contributed by atoms with E-state index >= 15 is 0 Å². The van der Waals surface area contributed by atoms with E-state index in [0.29, 0.717) is 16.9 Å². The smallest absolute Gasteiger partial charge is 0.0705 e. The molecule has 72 valence electrons. The van der Waals surface area contributed by atoms with Crippen LogP contribution in [0.4, 0.5) is 11.4 Å². The Bertz CT molecular complexity index is 299. The van der Waals surface area contributed by atoms with Crippen LogP contribution >= 0.6 is 0 Å². The zero-order valence-corrected chi connectivity index (χ0v) is 7.57. The fourth-order valence-corrected chi connectivity index (χ4v) is 1.15. The number of rotatable bonds is 2. The van der Waals surface area contributed by atoms with Crippen LogP contribution in [0.2, 0.25) is 0 Å². The van der Waals surface area contributed by atoms with E-state index in [1.807, 2.05) is 0 Å². The van der Waals surface area contributed by atoms with Crippen LogP contribution in [0, 0.1) is 0 Å². The number of anilines is 2. The predicted octanol–water partition coefficient (Wildman–Crippen LogP) is 0.232. The third-order valence-electron chi connectivity index (χ3n) is 2.05. The molecule has 0 aliphatic carbocycles. The van der Waals surface area contributed by atoms with Gasteiger partial charge in [-0.2, -0.15) is 0 Å². The fraction of sp³-hybridized carbons (Fsp3) is 0.333. The van der Waals surface area contributed by atoms with E-state index < -0.39 is 12.1 Å². The standard InChI is InChI=1S/C9H15N3O/c1-5(13)8(11)6-3-2-4-7(10)9(6)12/h2-5,8,13H,10-12H2,1H3/t5-,8-/m0/s1. The minimum absolute atomic E-state index is 0.455. The monoisotopic (exact) mass is 181 g/mol. The first-order valence-corrected chi connectivity index (χ1v) is 4.11. The molecule has 1 rings (SSSR count). The number of aliphatic hydroxyl groups excluding tert-OH is 1. The van der Waals surface area contributed by atoms with Gasteiger partial charge in [-0.1, -0.05) is 12.1 Å². The zero-order valence-electron chi connectivity index (χ0n) is 7.57. The summed E-state index contributed by atoms with van der Waals surface area (Å²) < 4.78 is 0. The number of benzene rings is 1. The minimum Gasteiger partial charge on any atom is -0.397 e. The van der Waals surface area contributed by atoms with Crippen molar-refractivity contribution in [3.8, 4) is 0 Å². The van der Waals surface area contributed by atoms with Crippen LogP contribution < -0.4 is 17.2 Å². The molecular formula is C9H15N3O. The average Bonchev–Trinajstić information content (AvgIpc) is 2.08. The maximum atomic E-state index is 9.27. The highest BCUT2D eigenvalue weighted by Gasteiger charge is 2.15. The lowest BCUT2D eigenvalue weighted by Gasteiger charge is -2.17. The minimum atomic E-state index is -0.635. The Labute approximate surface area is 77.3 Å². The first kappa shape index (κ1) is 9.83. The van der Waals surface area contributed by atoms with Crippen molar-refractivity contribution in [3.05, 3.63) is 23.8 Å². The van der Waals surface area contributed by atoms with Gasteiger partial charge in [0.15, 0.2) is 0 Å². The summed E-state index contributed by atoms with van der Waals surface area (Å²) in [5, 5.41) is 9.27. The third-order valence-corrected chi connectivity index (χ3v) is 2.05. The van der Waals surface area contributed by atoms with Gasteiger partial charge in [-0.25, -0.2) is 0 Å². The van der Waals surface area contributed by atoms with E-state index in [1.54, 1.807) is 25.1 Å². The van der Waals surface area contributed by atoms with Gasteiger partial charge in [-0.15, -0.1) is 0 Å². The zero-order chi connectivity index (χ0) is 10.0. The van der Waals surface area contributed by atoms with Gasteiger partial charge in [0.2, 0.25) is 0 Å². The number of para-hydroxylation sites is 1. The second kappa shape index (κ2) is 3.64. The molecule has 0 unspecified atom stereocenters. The summed E-state index contributed by atoms with van der Waals surface area (Å²) in [5.41, 5.74) is 18.7. The first-order valence-electron chi connectivity index (χ1n) is 4.11. The van der Waals surface area contributed by atoms with Crippen molar-refractivity contribution >= 4 is 11.4 Å². The highest BCUT2D eigenvalue weighted by molar-refractivity contribution is 5.67. The molecule has 2 atom stereocenters. The van der Waals surface area contributed by atoms with Crippen LogP contribution in [0.5, 0.6) is 0 Å². The second-order valence-corrected chi connectivity index (χ2v) is 3.12. The molecule has 1 aromatic carbocycles. The van der Waals surface area contributed by atoms with Crippen LogP contribution in [0.1, 0.15) is 18.5 Å². The summed E-state index contributed by atoms with van der Waals surface area (Å²) in [6, 6.07) is 4.75. The molecule has 0 aliphatic heterocycles. The molecule has 0 saturated heterocycles. The van der Waals surface area contributed by atoms with Gasteiger partial charge in [-0.05, 0) is 18.6 Å². The predicted molar refractivity (Wildman–Crippen MR) is 53.9 cm³/mol. The number of nitrogens with two attached hydrogens (primary N) is 3. The molecule has 4 nitrogen and oxygen atoms in total. The van der Waals surface area contributed by atoms with E-state index in [9.17, 15) is 5.11 Å². The molecule has 0 saturated carbocycles. The molecule has 13 heavy (non-hydrogen) atoms. The van der Waals surface area contributed by atoms with Crippen LogP contribution in [-0.2, 0) is 0 Å². The lowest BCUT2D eigenvalue weighted by Crippen LogP contribution is -2.24. The summed E-state index contributed by atoms with van der Waals surface area (Å²) in [6.45, 7) is 1.62.